The van der Waals surface area contributed by atoms with Gasteiger partial charge in [0.05, 0.1) is 17.4 Å². The molecule has 1 aromatic carbocycles. The average Bonchev–Trinajstić information content (AvgIpc) is 2.52. The normalized spacial score (nSPS) is 20.1. The van der Waals surface area contributed by atoms with E-state index in [0.29, 0.717) is 19.4 Å². The molecule has 1 N–H and O–H groups in total. The van der Waals surface area contributed by atoms with E-state index in [9.17, 15) is 13.6 Å². The zero-order chi connectivity index (χ0) is 17.0. The molecule has 1 aromatic rings. The van der Waals surface area contributed by atoms with E-state index in [1.165, 1.54) is 4.90 Å². The van der Waals surface area contributed by atoms with Crippen molar-refractivity contribution in [3.05, 3.63) is 23.8 Å². The lowest BCUT2D eigenvalue weighted by Gasteiger charge is -2.32. The Hall–Kier alpha value is -1.69. The maximum Gasteiger partial charge on any atom is 0.263 e. The van der Waals surface area contributed by atoms with E-state index in [1.807, 2.05) is 37.2 Å². The first-order valence-corrected chi connectivity index (χ1v) is 7.95. The smallest absolute Gasteiger partial charge is 0.263 e. The highest BCUT2D eigenvalue weighted by molar-refractivity contribution is 5.83. The molecule has 23 heavy (non-hydrogen) atoms. The van der Waals surface area contributed by atoms with Gasteiger partial charge < -0.3 is 15.1 Å². The summed E-state index contributed by atoms with van der Waals surface area (Å²) in [5.74, 6) is -2.63. The van der Waals surface area contributed by atoms with Gasteiger partial charge in [-0.25, -0.2) is 8.78 Å². The van der Waals surface area contributed by atoms with E-state index in [2.05, 4.69) is 5.32 Å². The molecule has 0 radical (unpaired) electrons. The molecule has 1 atom stereocenters. The summed E-state index contributed by atoms with van der Waals surface area (Å²) in [5.41, 5.74) is 2.56. The molecular formula is C17H25F2N3O. The molecule has 1 fully saturated rings. The molecular weight excluding hydrogens is 300 g/mol. The number of hydrogen-bond donors (Lipinski definition) is 1. The number of nitrogens with one attached hydrogen (secondary N) is 1. The third-order valence-corrected chi connectivity index (χ3v) is 4.38. The summed E-state index contributed by atoms with van der Waals surface area (Å²) in [5, 5.41) is 2.99. The van der Waals surface area contributed by atoms with Crippen molar-refractivity contribution in [2.45, 2.75) is 44.2 Å². The molecule has 0 heterocycles. The molecule has 0 aliphatic heterocycles. The fraction of sp³-hybridized carbons (Fsp3) is 0.588. The number of benzene rings is 1. The molecule has 1 unspecified atom stereocenters. The molecule has 1 aliphatic carbocycles. The minimum absolute atomic E-state index is 0.0383. The summed E-state index contributed by atoms with van der Waals surface area (Å²) in [6.45, 7) is 0.369. The molecule has 4 nitrogen and oxygen atoms in total. The Balaban J connectivity index is 2.12. The highest BCUT2D eigenvalue weighted by Gasteiger charge is 2.40. The summed E-state index contributed by atoms with van der Waals surface area (Å²) < 4.78 is 27.8. The third-order valence-electron chi connectivity index (χ3n) is 4.38. The van der Waals surface area contributed by atoms with Crippen molar-refractivity contribution < 1.29 is 13.6 Å². The molecule has 1 aliphatic rings. The molecule has 6 heteroatoms. The van der Waals surface area contributed by atoms with Gasteiger partial charge in [0.2, 0.25) is 6.41 Å². The van der Waals surface area contributed by atoms with Crippen LogP contribution in [0.25, 0.3) is 0 Å². The number of carbonyl (C=O) groups is 1. The summed E-state index contributed by atoms with van der Waals surface area (Å²) >= 11 is 0. The predicted octanol–water partition coefficient (Wildman–Crippen LogP) is 3.01. The molecule has 1 amide bonds. The Bertz CT molecular complexity index is 549. The summed E-state index contributed by atoms with van der Waals surface area (Å²) in [6.07, 6.45) is 2.64. The SMILES string of the molecule is CN(C)c1ccc(CNC2CCCCC2(F)F)cc1N(C)C=O. The van der Waals surface area contributed by atoms with Crippen LogP contribution in [-0.2, 0) is 11.3 Å². The van der Waals surface area contributed by atoms with Crippen LogP contribution in [0.4, 0.5) is 20.2 Å². The van der Waals surface area contributed by atoms with Crippen LogP contribution >= 0.6 is 0 Å². The van der Waals surface area contributed by atoms with Crippen LogP contribution in [0.1, 0.15) is 31.2 Å². The number of alkyl halides is 2. The quantitative estimate of drug-likeness (QED) is 0.817. The Morgan fingerprint density at radius 2 is 2.00 bits per heavy atom. The second-order valence-corrected chi connectivity index (χ2v) is 6.37. The van der Waals surface area contributed by atoms with Gasteiger partial charge in [-0.2, -0.15) is 0 Å². The largest absolute Gasteiger partial charge is 0.376 e. The van der Waals surface area contributed by atoms with E-state index < -0.39 is 12.0 Å². The average molecular weight is 325 g/mol. The maximum absolute atomic E-state index is 13.9. The van der Waals surface area contributed by atoms with Crippen molar-refractivity contribution in [2.24, 2.45) is 0 Å². The second-order valence-electron chi connectivity index (χ2n) is 6.37. The highest BCUT2D eigenvalue weighted by Crippen LogP contribution is 2.34. The maximum atomic E-state index is 13.9. The van der Waals surface area contributed by atoms with Gasteiger partial charge in [0.1, 0.15) is 0 Å². The van der Waals surface area contributed by atoms with Crippen molar-refractivity contribution in [1.82, 2.24) is 5.32 Å². The Kier molecular flexibility index (Phi) is 5.57. The van der Waals surface area contributed by atoms with E-state index in [1.54, 1.807) is 7.05 Å². The molecule has 2 rings (SSSR count). The first-order valence-electron chi connectivity index (χ1n) is 7.95. The van der Waals surface area contributed by atoms with E-state index in [4.69, 9.17) is 0 Å². The highest BCUT2D eigenvalue weighted by atomic mass is 19.3. The fourth-order valence-corrected chi connectivity index (χ4v) is 2.98. The number of carbonyl (C=O) groups excluding carboxylic acids is 1. The van der Waals surface area contributed by atoms with Crippen LogP contribution < -0.4 is 15.1 Å². The number of anilines is 2. The van der Waals surface area contributed by atoms with Crippen LogP contribution in [0.5, 0.6) is 0 Å². The lowest BCUT2D eigenvalue weighted by molar-refractivity contribution is -0.107. The Morgan fingerprint density at radius 3 is 2.61 bits per heavy atom. The fourth-order valence-electron chi connectivity index (χ4n) is 2.98. The monoisotopic (exact) mass is 325 g/mol. The van der Waals surface area contributed by atoms with E-state index in [0.717, 1.165) is 29.8 Å². The minimum Gasteiger partial charge on any atom is -0.376 e. The molecule has 128 valence electrons. The molecule has 0 spiro atoms. The summed E-state index contributed by atoms with van der Waals surface area (Å²) in [6, 6.07) is 4.92. The topological polar surface area (TPSA) is 35.6 Å². The number of nitrogens with zero attached hydrogens (tertiary/aromatic N) is 2. The van der Waals surface area contributed by atoms with Crippen LogP contribution in [0.3, 0.4) is 0 Å². The molecule has 0 bridgehead atoms. The van der Waals surface area contributed by atoms with Crippen molar-refractivity contribution in [1.29, 1.82) is 0 Å². The van der Waals surface area contributed by atoms with Crippen molar-refractivity contribution in [3.8, 4) is 0 Å². The number of amides is 1. The van der Waals surface area contributed by atoms with Crippen LogP contribution in [-0.4, -0.2) is 39.5 Å². The van der Waals surface area contributed by atoms with E-state index >= 15 is 0 Å². The van der Waals surface area contributed by atoms with Crippen LogP contribution in [0.2, 0.25) is 0 Å². The molecule has 0 aromatic heterocycles. The van der Waals surface area contributed by atoms with Gasteiger partial charge in [0.15, 0.2) is 0 Å². The van der Waals surface area contributed by atoms with Gasteiger partial charge in [0.25, 0.3) is 5.92 Å². The Labute approximate surface area is 136 Å². The standard InChI is InChI=1S/C17H25F2N3O/c1-21(2)14-8-7-13(10-15(14)22(3)12-23)11-20-16-6-4-5-9-17(16,18)19/h7-8,10,12,16,20H,4-6,9,11H2,1-3H3. The lowest BCUT2D eigenvalue weighted by atomic mass is 9.91. The van der Waals surface area contributed by atoms with Crippen molar-refractivity contribution >= 4 is 17.8 Å². The summed E-state index contributed by atoms with van der Waals surface area (Å²) in [4.78, 5) is 14.5. The Morgan fingerprint density at radius 1 is 1.26 bits per heavy atom. The second kappa shape index (κ2) is 7.25. The van der Waals surface area contributed by atoms with Crippen LogP contribution in [0, 0.1) is 0 Å². The van der Waals surface area contributed by atoms with Gasteiger partial charge in [-0.15, -0.1) is 0 Å². The zero-order valence-electron chi connectivity index (χ0n) is 14.0. The first kappa shape index (κ1) is 17.7. The minimum atomic E-state index is -2.63. The number of halogens is 2. The summed E-state index contributed by atoms with van der Waals surface area (Å²) in [7, 11) is 5.48. The van der Waals surface area contributed by atoms with Gasteiger partial charge >= 0.3 is 0 Å². The molecule has 0 saturated heterocycles. The van der Waals surface area contributed by atoms with Gasteiger partial charge in [0, 0.05) is 34.1 Å². The zero-order valence-corrected chi connectivity index (χ0v) is 14.0. The predicted molar refractivity (Wildman–Crippen MR) is 89.3 cm³/mol. The first-order chi connectivity index (χ1) is 10.8. The van der Waals surface area contributed by atoms with Crippen molar-refractivity contribution in [3.63, 3.8) is 0 Å². The van der Waals surface area contributed by atoms with Crippen LogP contribution in [0.15, 0.2) is 18.2 Å². The van der Waals surface area contributed by atoms with Gasteiger partial charge in [-0.3, -0.25) is 4.79 Å². The van der Waals surface area contributed by atoms with E-state index in [-0.39, 0.29) is 6.42 Å². The third kappa shape index (κ3) is 4.19. The number of hydrogen-bond acceptors (Lipinski definition) is 3. The lowest BCUT2D eigenvalue weighted by Crippen LogP contribution is -2.46. The van der Waals surface area contributed by atoms with Crippen molar-refractivity contribution in [2.75, 3.05) is 30.9 Å². The number of rotatable bonds is 6. The van der Waals surface area contributed by atoms with Gasteiger partial charge in [-0.1, -0.05) is 12.5 Å². The van der Waals surface area contributed by atoms with Gasteiger partial charge in [-0.05, 0) is 30.5 Å². The molecule has 1 saturated carbocycles.